The van der Waals surface area contributed by atoms with Gasteiger partial charge in [0.15, 0.2) is 62.2 Å². The summed E-state index contributed by atoms with van der Waals surface area (Å²) in [4.78, 5) is 45.6. The first-order valence-corrected chi connectivity index (χ1v) is 50.9. The van der Waals surface area contributed by atoms with E-state index in [0.29, 0.717) is 0 Å². The first-order valence-electron chi connectivity index (χ1n) is 35.9. The molecular formula is C52H88O65S12. The van der Waals surface area contributed by atoms with Crippen molar-refractivity contribution in [1.82, 2.24) is 0 Å². The van der Waals surface area contributed by atoms with Crippen molar-refractivity contribution in [2.75, 3.05) is 33.0 Å². The SMILES string of the molecule is CC1C(C)[C@H](O[C@@H]2OC(COOS(=O)O)[C@@H](O[C@@H]3OC(COOS(=O)O)[C@@H](OS(=O)(=O)O)[C@H](C)C3OS(=O)(=O)O)[C@H](C)C2OS(=O)(=O)O)C(COS(=O)(=O)O)O[C@@H]1O[C@@H]1C(C(=O)O)O[C@@H](O[C@@H]2C(COOS(=O)O)O[C@@H](OC(C)[C@H]3CC(C(=O)O)O[C@@H](O[C@@H]4C(COS(=O)(=O)O)O[C@H](C)C(OOS(=O)O)C4OS(=O)(=O)O)C3C)C(OS(=O)(=O)O)[C@H]2OS(=O)(=O)O)C(C)C1C. The van der Waals surface area contributed by atoms with E-state index < -0.39 is 393 Å². The van der Waals surface area contributed by atoms with Crippen molar-refractivity contribution in [2.45, 2.75) is 235 Å². The van der Waals surface area contributed by atoms with E-state index in [1.54, 1.807) is 0 Å². The second kappa shape index (κ2) is 47.0. The molecule has 65 nitrogen and oxygen atoms in total. The number of hydrogen-bond acceptors (Lipinski definition) is 51. The normalized spacial score (nSPS) is 38.7. The second-order valence-corrected chi connectivity index (χ2v) is 39.6. The Morgan fingerprint density at radius 3 is 1.05 bits per heavy atom. The third kappa shape index (κ3) is 34.8. The molecule has 7 fully saturated rings. The molecule has 0 aromatic carbocycles. The molecule has 77 heteroatoms. The van der Waals surface area contributed by atoms with Crippen LogP contribution in [0.2, 0.25) is 0 Å². The van der Waals surface area contributed by atoms with Crippen LogP contribution in [0.4, 0.5) is 0 Å². The van der Waals surface area contributed by atoms with Gasteiger partial charge in [-0.25, -0.2) is 62.6 Å². The van der Waals surface area contributed by atoms with E-state index in [0.717, 1.165) is 34.6 Å². The van der Waals surface area contributed by atoms with E-state index in [4.69, 9.17) is 102 Å². The minimum atomic E-state index is -6.14. The molecule has 0 aliphatic carbocycles. The summed E-state index contributed by atoms with van der Waals surface area (Å²) in [5, 5.41) is 21.4. The van der Waals surface area contributed by atoms with Crippen molar-refractivity contribution in [2.24, 2.45) is 47.3 Å². The lowest BCUT2D eigenvalue weighted by Crippen LogP contribution is -2.65. The third-order valence-electron chi connectivity index (χ3n) is 20.4. The number of carboxylic acid groups (broad SMARTS) is 2. The number of hydrogen-bond donors (Lipinski definition) is 14. The Balaban J connectivity index is 1.21. The topological polar surface area (TPSA) is 926 Å². The Morgan fingerprint density at radius 1 is 0.326 bits per heavy atom. The molecule has 22 unspecified atom stereocenters. The molecule has 7 aliphatic heterocycles. The van der Waals surface area contributed by atoms with Gasteiger partial charge in [-0.15, -0.1) is 17.3 Å². The molecule has 0 amide bonds. The number of rotatable bonds is 48. The molecule has 0 saturated carbocycles. The van der Waals surface area contributed by atoms with Crippen LogP contribution in [0.1, 0.15) is 68.7 Å². The molecule has 7 saturated heterocycles. The third-order valence-corrected chi connectivity index (χ3v) is 24.9. The molecule has 7 rings (SSSR count). The predicted molar refractivity (Wildman–Crippen MR) is 392 cm³/mol. The molecular weight excluding hydrogens is 2050 g/mol. The van der Waals surface area contributed by atoms with Crippen LogP contribution in [0.5, 0.6) is 0 Å². The lowest BCUT2D eigenvalue weighted by Gasteiger charge is -2.51. The van der Waals surface area contributed by atoms with E-state index in [2.05, 4.69) is 34.8 Å². The largest absolute Gasteiger partial charge is 0.479 e. The highest BCUT2D eigenvalue weighted by atomic mass is 32.3. The quantitative estimate of drug-likeness (QED) is 0.0117. The van der Waals surface area contributed by atoms with Crippen molar-refractivity contribution in [1.29, 1.82) is 0 Å². The molecule has 0 aromatic rings. The van der Waals surface area contributed by atoms with Crippen molar-refractivity contribution in [3.8, 4) is 0 Å². The molecule has 0 spiro atoms. The average molecular weight is 2140 g/mol. The van der Waals surface area contributed by atoms with Gasteiger partial charge in [0.05, 0.1) is 37.6 Å². The van der Waals surface area contributed by atoms with Gasteiger partial charge in [0.2, 0.25) is 0 Å². The van der Waals surface area contributed by atoms with Gasteiger partial charge >= 0.3 is 141 Å². The molecule has 0 bridgehead atoms. The summed E-state index contributed by atoms with van der Waals surface area (Å²) in [6, 6.07) is 0. The van der Waals surface area contributed by atoms with Crippen LogP contribution in [-0.2, 0) is 270 Å². The maximum absolute atomic E-state index is 13.6. The van der Waals surface area contributed by atoms with E-state index in [1.807, 2.05) is 0 Å². The number of carboxylic acids is 2. The molecule has 39 atom stereocenters. The summed E-state index contributed by atoms with van der Waals surface area (Å²) in [6.45, 7) is 3.35. The molecule has 758 valence electrons. The van der Waals surface area contributed by atoms with Gasteiger partial charge in [-0.3, -0.25) is 54.6 Å². The van der Waals surface area contributed by atoms with Crippen LogP contribution in [0.3, 0.4) is 0 Å². The summed E-state index contributed by atoms with van der Waals surface area (Å²) >= 11 is -13.3. The summed E-state index contributed by atoms with van der Waals surface area (Å²) in [5.41, 5.74) is 0. The second-order valence-electron chi connectivity index (χ2n) is 28.8. The lowest BCUT2D eigenvalue weighted by atomic mass is 9.81. The molecule has 7 aliphatic rings. The first-order chi connectivity index (χ1) is 59.1. The lowest BCUT2D eigenvalue weighted by molar-refractivity contribution is -0.379. The number of carbonyl (C=O) groups is 2. The minimum Gasteiger partial charge on any atom is -0.479 e. The highest BCUT2D eigenvalue weighted by Gasteiger charge is 2.61. The van der Waals surface area contributed by atoms with Crippen LogP contribution in [0, 0.1) is 47.3 Å². The van der Waals surface area contributed by atoms with Crippen molar-refractivity contribution < 1.29 is 291 Å². The van der Waals surface area contributed by atoms with Crippen LogP contribution in [-0.4, -0.2) is 360 Å². The smallest absolute Gasteiger partial charge is 0.397 e. The fourth-order valence-corrected chi connectivity index (χ4v) is 18.9. The number of ether oxygens (including phenoxy) is 13. The van der Waals surface area contributed by atoms with E-state index >= 15 is 0 Å². The van der Waals surface area contributed by atoms with Crippen molar-refractivity contribution >= 4 is 141 Å². The highest BCUT2D eigenvalue weighted by Crippen LogP contribution is 2.47. The summed E-state index contributed by atoms with van der Waals surface area (Å²) < 4.78 is 496. The maximum atomic E-state index is 13.6. The summed E-state index contributed by atoms with van der Waals surface area (Å²) in [6.07, 6.45) is -62.0. The Labute approximate surface area is 741 Å². The standard InChI is InChI=1S/C52H88O65S12/c1-16-18(3)47(97-30(14-92-122(65,66)67)32(16)101-50-36(109-125(74,75)76)21(6)33(27(98-50)11-89-114-118(57)58)102-51-37(110-126(77,78)79)22(7)34(108-124(71,72)73)28(99-51)12-90-115-119(59)60)103-35-17(2)19(4)48(106-43(35)46(55)56)104-39-29(13-91-116-120(61)62)100-52(44(113-129(86,87)88)42(39)112-128(83,84)85)95-23(8)25-10-26(45(53)54)96-49(20(25)5)105-40-31(15-93-123(68,69)70)94-24(9)38(107-117-121(63)64)41(40)111-127(80,81)82/h16-44,47-52H,10-15H2,1-9H3,(H,53,54)(H,55,56)(H,57,58)(H,59,60)(H,61,62)(H,63,64)(H,65,66,67)(H,68,69,70)(H,71,72,73)(H,74,75,76)(H,77,78,79)(H,80,81,82)(H,83,84,85)(H,86,87,88)/t16?,17?,18?,19?,20?,21-,22-,23?,24+,25-,26?,27?,28?,29?,30?,31?,32-,33-,34-,35-,36?,37?,38?,39+,40+,41?,42-,43?,44?,47+,48+,49-,50-,51-,52+/m0/s1. The predicted octanol–water partition coefficient (Wildman–Crippen LogP) is -5.44. The Hall–Kier alpha value is -2.50. The maximum Gasteiger partial charge on any atom is 0.397 e. The van der Waals surface area contributed by atoms with Crippen LogP contribution >= 0.6 is 0 Å². The number of aliphatic carboxylic acids is 2. The van der Waals surface area contributed by atoms with Gasteiger partial charge in [-0.1, -0.05) is 48.5 Å². The fourth-order valence-electron chi connectivity index (χ4n) is 14.6. The van der Waals surface area contributed by atoms with Crippen molar-refractivity contribution in [3.05, 3.63) is 0 Å². The average Bonchev–Trinajstić information content (AvgIpc) is 0.761. The van der Waals surface area contributed by atoms with Crippen LogP contribution in [0.15, 0.2) is 0 Å². The van der Waals surface area contributed by atoms with Crippen LogP contribution in [0.25, 0.3) is 0 Å². The zero-order valence-corrected chi connectivity index (χ0v) is 76.2. The fraction of sp³-hybridized carbons (Fsp3) is 0.962. The van der Waals surface area contributed by atoms with Gasteiger partial charge in [-0.2, -0.15) is 84.2 Å². The van der Waals surface area contributed by atoms with Gasteiger partial charge in [-0.05, 0) is 38.0 Å². The van der Waals surface area contributed by atoms with Gasteiger partial charge in [0.25, 0.3) is 0 Å². The summed E-state index contributed by atoms with van der Waals surface area (Å²) in [7, 11) is -46.3. The summed E-state index contributed by atoms with van der Waals surface area (Å²) in [5.74, 6) is -16.3. The first kappa shape index (κ1) is 113. The van der Waals surface area contributed by atoms with Gasteiger partial charge in [0.1, 0.15) is 99.2 Å². The molecule has 0 radical (unpaired) electrons. The molecule has 7 heterocycles. The van der Waals surface area contributed by atoms with Crippen molar-refractivity contribution in [3.63, 3.8) is 0 Å². The molecule has 14 N–H and O–H groups in total. The monoisotopic (exact) mass is 2140 g/mol. The highest BCUT2D eigenvalue weighted by molar-refractivity contribution is 7.82. The minimum absolute atomic E-state index is 0.777. The van der Waals surface area contributed by atoms with Gasteiger partial charge in [0, 0.05) is 29.6 Å². The zero-order valence-electron chi connectivity index (χ0n) is 66.4. The van der Waals surface area contributed by atoms with E-state index in [9.17, 15) is 154 Å². The Morgan fingerprint density at radius 2 is 0.643 bits per heavy atom. The molecule has 0 aromatic heterocycles. The van der Waals surface area contributed by atoms with E-state index in [-0.39, 0.29) is 0 Å². The van der Waals surface area contributed by atoms with E-state index in [1.165, 1.54) is 27.7 Å². The zero-order chi connectivity index (χ0) is 97.4. The Kier molecular flexibility index (Phi) is 41.3. The molecule has 129 heavy (non-hydrogen) atoms. The Bertz CT molecular complexity index is 4800. The van der Waals surface area contributed by atoms with Crippen LogP contribution < -0.4 is 0 Å². The van der Waals surface area contributed by atoms with Gasteiger partial charge < -0.3 is 71.8 Å².